The molecule has 0 fully saturated rings. The van der Waals surface area contributed by atoms with Crippen LogP contribution in [0.1, 0.15) is 5.56 Å². The van der Waals surface area contributed by atoms with Gasteiger partial charge in [-0.1, -0.05) is 17.7 Å². The third-order valence-electron chi connectivity index (χ3n) is 2.20. The summed E-state index contributed by atoms with van der Waals surface area (Å²) in [7, 11) is 0. The molecule has 0 unspecified atom stereocenters. The van der Waals surface area contributed by atoms with Crippen molar-refractivity contribution >= 4 is 23.5 Å². The maximum atomic E-state index is 12.9. The van der Waals surface area contributed by atoms with E-state index in [0.29, 0.717) is 10.6 Å². The van der Waals surface area contributed by atoms with E-state index in [-0.39, 0.29) is 0 Å². The topological polar surface area (TPSA) is 24.4 Å². The van der Waals surface area contributed by atoms with Gasteiger partial charge in [0, 0.05) is 5.02 Å². The lowest BCUT2D eigenvalue weighted by molar-refractivity contribution is 0.508. The molecule has 0 aliphatic rings. The van der Waals surface area contributed by atoms with Gasteiger partial charge in [-0.25, -0.2) is 8.78 Å². The lowest BCUT2D eigenvalue weighted by atomic mass is 10.2. The molecular weight excluding hydrogens is 258 g/mol. The molecule has 0 atom stereocenters. The second kappa shape index (κ2) is 5.60. The van der Waals surface area contributed by atoms with E-state index in [2.05, 4.69) is 10.5 Å². The number of hydrogen-bond acceptors (Lipinski definition) is 2. The Hall–Kier alpha value is -1.94. The average molecular weight is 267 g/mol. The molecule has 0 saturated heterocycles. The largest absolute Gasteiger partial charge is 0.279 e. The Labute approximate surface area is 108 Å². The SMILES string of the molecule is Fc1ccc(/C=N\Nc2ccc(Cl)cc2)cc1F. The fourth-order valence-corrected chi connectivity index (χ4v) is 1.42. The fourth-order valence-electron chi connectivity index (χ4n) is 1.30. The van der Waals surface area contributed by atoms with Crippen molar-refractivity contribution in [3.63, 3.8) is 0 Å². The molecular formula is C13H9ClF2N2. The summed E-state index contributed by atoms with van der Waals surface area (Å²) in [5.41, 5.74) is 3.97. The first-order valence-electron chi connectivity index (χ1n) is 5.15. The Morgan fingerprint density at radius 1 is 1.00 bits per heavy atom. The Morgan fingerprint density at radius 2 is 1.72 bits per heavy atom. The van der Waals surface area contributed by atoms with Crippen molar-refractivity contribution < 1.29 is 8.78 Å². The van der Waals surface area contributed by atoms with Crippen molar-refractivity contribution in [1.29, 1.82) is 0 Å². The number of hydrogen-bond donors (Lipinski definition) is 1. The van der Waals surface area contributed by atoms with E-state index < -0.39 is 11.6 Å². The molecule has 5 heteroatoms. The molecule has 0 radical (unpaired) electrons. The van der Waals surface area contributed by atoms with Crippen LogP contribution >= 0.6 is 11.6 Å². The second-order valence-corrected chi connectivity index (χ2v) is 3.99. The van der Waals surface area contributed by atoms with E-state index >= 15 is 0 Å². The molecule has 18 heavy (non-hydrogen) atoms. The first-order chi connectivity index (χ1) is 8.65. The Kier molecular flexibility index (Phi) is 3.89. The zero-order chi connectivity index (χ0) is 13.0. The van der Waals surface area contributed by atoms with Gasteiger partial charge in [0.1, 0.15) is 0 Å². The number of nitrogens with one attached hydrogen (secondary N) is 1. The standard InChI is InChI=1S/C13H9ClF2N2/c14-10-2-4-11(5-3-10)18-17-8-9-1-6-12(15)13(16)7-9/h1-8,18H/b17-8-. The monoisotopic (exact) mass is 266 g/mol. The molecule has 0 saturated carbocycles. The predicted molar refractivity (Wildman–Crippen MR) is 69.0 cm³/mol. The van der Waals surface area contributed by atoms with Crippen LogP contribution in [0.4, 0.5) is 14.5 Å². The van der Waals surface area contributed by atoms with Crippen LogP contribution in [0.2, 0.25) is 5.02 Å². The summed E-state index contributed by atoms with van der Waals surface area (Å²) in [6.07, 6.45) is 1.40. The normalized spacial score (nSPS) is 10.8. The second-order valence-electron chi connectivity index (χ2n) is 3.55. The van der Waals surface area contributed by atoms with Crippen LogP contribution in [0.3, 0.4) is 0 Å². The van der Waals surface area contributed by atoms with Gasteiger partial charge in [-0.2, -0.15) is 5.10 Å². The molecule has 2 rings (SSSR count). The van der Waals surface area contributed by atoms with Crippen LogP contribution in [0.5, 0.6) is 0 Å². The van der Waals surface area contributed by atoms with Crippen molar-refractivity contribution in [3.8, 4) is 0 Å². The van der Waals surface area contributed by atoms with Crippen LogP contribution in [0.15, 0.2) is 47.6 Å². The molecule has 92 valence electrons. The fraction of sp³-hybridized carbons (Fsp3) is 0. The molecule has 0 aliphatic carbocycles. The molecule has 0 aromatic heterocycles. The van der Waals surface area contributed by atoms with Gasteiger partial charge < -0.3 is 0 Å². The first-order valence-corrected chi connectivity index (χ1v) is 5.52. The maximum Gasteiger partial charge on any atom is 0.159 e. The molecule has 0 heterocycles. The summed E-state index contributed by atoms with van der Waals surface area (Å²) in [6.45, 7) is 0. The Bertz CT molecular complexity index is 568. The van der Waals surface area contributed by atoms with Gasteiger partial charge in [-0.05, 0) is 42.0 Å². The van der Waals surface area contributed by atoms with Gasteiger partial charge in [-0.15, -0.1) is 0 Å². The van der Waals surface area contributed by atoms with E-state index in [0.717, 1.165) is 17.8 Å². The minimum Gasteiger partial charge on any atom is -0.279 e. The van der Waals surface area contributed by atoms with Crippen LogP contribution in [0, 0.1) is 11.6 Å². The molecule has 2 aromatic rings. The van der Waals surface area contributed by atoms with E-state index in [1.807, 2.05) is 0 Å². The molecule has 0 aliphatic heterocycles. The molecule has 0 spiro atoms. The highest BCUT2D eigenvalue weighted by atomic mass is 35.5. The number of nitrogens with zero attached hydrogens (tertiary/aromatic N) is 1. The number of hydrazone groups is 1. The summed E-state index contributed by atoms with van der Waals surface area (Å²) in [5, 5.41) is 4.53. The number of benzene rings is 2. The highest BCUT2D eigenvalue weighted by Crippen LogP contribution is 2.13. The molecule has 0 amide bonds. The molecule has 0 bridgehead atoms. The zero-order valence-electron chi connectivity index (χ0n) is 9.20. The Balaban J connectivity index is 2.02. The van der Waals surface area contributed by atoms with Gasteiger partial charge >= 0.3 is 0 Å². The van der Waals surface area contributed by atoms with Crippen LogP contribution in [-0.4, -0.2) is 6.21 Å². The van der Waals surface area contributed by atoms with Gasteiger partial charge in [0.05, 0.1) is 11.9 Å². The van der Waals surface area contributed by atoms with Crippen molar-refractivity contribution in [2.24, 2.45) is 5.10 Å². The summed E-state index contributed by atoms with van der Waals surface area (Å²) >= 11 is 5.73. The predicted octanol–water partition coefficient (Wildman–Crippen LogP) is 4.06. The van der Waals surface area contributed by atoms with E-state index in [9.17, 15) is 8.78 Å². The number of halogens is 3. The van der Waals surface area contributed by atoms with E-state index in [1.54, 1.807) is 24.3 Å². The third-order valence-corrected chi connectivity index (χ3v) is 2.45. The quantitative estimate of drug-likeness (QED) is 0.657. The van der Waals surface area contributed by atoms with E-state index in [4.69, 9.17) is 11.6 Å². The minimum atomic E-state index is -0.898. The lowest BCUT2D eigenvalue weighted by Crippen LogP contribution is -1.92. The number of anilines is 1. The summed E-state index contributed by atoms with van der Waals surface area (Å²) in [5.74, 6) is -1.77. The molecule has 2 aromatic carbocycles. The zero-order valence-corrected chi connectivity index (χ0v) is 9.96. The maximum absolute atomic E-state index is 12.9. The van der Waals surface area contributed by atoms with Crippen molar-refractivity contribution in [3.05, 3.63) is 64.7 Å². The van der Waals surface area contributed by atoms with Gasteiger partial charge in [0.15, 0.2) is 11.6 Å². The average Bonchev–Trinajstić information content (AvgIpc) is 2.36. The summed E-state index contributed by atoms with van der Waals surface area (Å²) in [6, 6.07) is 10.5. The van der Waals surface area contributed by atoms with Gasteiger partial charge in [0.2, 0.25) is 0 Å². The number of rotatable bonds is 3. The Morgan fingerprint density at radius 3 is 2.39 bits per heavy atom. The minimum absolute atomic E-state index is 0.468. The highest BCUT2D eigenvalue weighted by Gasteiger charge is 2.00. The lowest BCUT2D eigenvalue weighted by Gasteiger charge is -1.99. The van der Waals surface area contributed by atoms with Crippen LogP contribution < -0.4 is 5.43 Å². The highest BCUT2D eigenvalue weighted by molar-refractivity contribution is 6.30. The first kappa shape index (κ1) is 12.5. The smallest absolute Gasteiger partial charge is 0.159 e. The third kappa shape index (κ3) is 3.28. The summed E-state index contributed by atoms with van der Waals surface area (Å²) in [4.78, 5) is 0. The van der Waals surface area contributed by atoms with Crippen molar-refractivity contribution in [2.45, 2.75) is 0 Å². The van der Waals surface area contributed by atoms with Gasteiger partial charge in [-0.3, -0.25) is 5.43 Å². The van der Waals surface area contributed by atoms with Crippen LogP contribution in [-0.2, 0) is 0 Å². The van der Waals surface area contributed by atoms with Gasteiger partial charge in [0.25, 0.3) is 0 Å². The van der Waals surface area contributed by atoms with Crippen molar-refractivity contribution in [1.82, 2.24) is 0 Å². The molecule has 2 nitrogen and oxygen atoms in total. The van der Waals surface area contributed by atoms with Crippen molar-refractivity contribution in [2.75, 3.05) is 5.43 Å². The van der Waals surface area contributed by atoms with E-state index in [1.165, 1.54) is 12.3 Å². The summed E-state index contributed by atoms with van der Waals surface area (Å²) < 4.78 is 25.6. The molecule has 1 N–H and O–H groups in total. The van der Waals surface area contributed by atoms with Crippen LogP contribution in [0.25, 0.3) is 0 Å².